The number of aryl methyl sites for hydroxylation is 2. The van der Waals surface area contributed by atoms with Crippen LogP contribution in [0.25, 0.3) is 12.2 Å². The van der Waals surface area contributed by atoms with E-state index in [1.54, 1.807) is 30.5 Å². The van der Waals surface area contributed by atoms with Gasteiger partial charge in [0.05, 0.1) is 6.61 Å². The molecule has 0 bridgehead atoms. The summed E-state index contributed by atoms with van der Waals surface area (Å²) in [6, 6.07) is 9.82. The number of hydrogen-bond acceptors (Lipinski definition) is 7. The second-order valence-corrected chi connectivity index (χ2v) is 11.2. The Morgan fingerprint density at radius 2 is 1.40 bits per heavy atom. The minimum Gasteiger partial charge on any atom is -0.493 e. The van der Waals surface area contributed by atoms with Crippen molar-refractivity contribution in [2.24, 2.45) is 5.92 Å². The zero-order valence-electron chi connectivity index (χ0n) is 25.5. The van der Waals surface area contributed by atoms with Crippen LogP contribution in [0, 0.1) is 11.7 Å². The molecule has 1 aromatic carbocycles. The van der Waals surface area contributed by atoms with Crippen LogP contribution in [0.1, 0.15) is 47.9 Å². The fourth-order valence-corrected chi connectivity index (χ4v) is 5.24. The third kappa shape index (κ3) is 10.2. The number of aliphatic carboxylic acids is 1. The Hall–Kier alpha value is -5.10. The zero-order valence-corrected chi connectivity index (χ0v) is 26.3. The number of piperidine rings is 1. The SMILES string of the molecule is Cl.O=C(O)/C=C/c1cnc2c(c1)CCC(=O)N2.O=C1CCc2cc(/C=C/C(=O)N3CCC(COc4ccc(F)cc4)CC3)cnc2N1. The normalized spacial score (nSPS) is 15.8. The summed E-state index contributed by atoms with van der Waals surface area (Å²) in [7, 11) is 0. The van der Waals surface area contributed by atoms with E-state index in [0.717, 1.165) is 41.2 Å². The number of carbonyl (C=O) groups excluding carboxylic acids is 3. The lowest BCUT2D eigenvalue weighted by molar-refractivity contribution is -0.131. The summed E-state index contributed by atoms with van der Waals surface area (Å²) >= 11 is 0. The average Bonchev–Trinajstić information content (AvgIpc) is 3.06. The first kappa shape index (κ1) is 34.8. The molecule has 0 unspecified atom stereocenters. The second kappa shape index (κ2) is 16.5. The molecule has 47 heavy (non-hydrogen) atoms. The third-order valence-electron chi connectivity index (χ3n) is 7.80. The fraction of sp³-hybridized carbons (Fsp3) is 0.294. The number of nitrogens with zero attached hydrogens (tertiary/aromatic N) is 3. The number of carboxylic acids is 1. The van der Waals surface area contributed by atoms with E-state index in [2.05, 4.69) is 20.6 Å². The van der Waals surface area contributed by atoms with Gasteiger partial charge in [0, 0.05) is 50.5 Å². The topological polar surface area (TPSA) is 151 Å². The first-order chi connectivity index (χ1) is 22.2. The smallest absolute Gasteiger partial charge is 0.328 e. The van der Waals surface area contributed by atoms with Gasteiger partial charge in [0.1, 0.15) is 23.2 Å². The number of ether oxygens (including phenoxy) is 1. The van der Waals surface area contributed by atoms with Gasteiger partial charge in [-0.2, -0.15) is 0 Å². The number of fused-ring (bicyclic) bond motifs is 2. The average molecular weight is 664 g/mol. The molecular formula is C34H35ClFN5O6. The van der Waals surface area contributed by atoms with Gasteiger partial charge in [-0.3, -0.25) is 14.4 Å². The molecule has 3 N–H and O–H groups in total. The number of hydrogen-bond donors (Lipinski definition) is 3. The van der Waals surface area contributed by atoms with Gasteiger partial charge in [-0.1, -0.05) is 0 Å². The fourth-order valence-electron chi connectivity index (χ4n) is 5.24. The largest absolute Gasteiger partial charge is 0.493 e. The number of anilines is 2. The molecule has 0 aliphatic carbocycles. The summed E-state index contributed by atoms with van der Waals surface area (Å²) in [5.41, 5.74) is 3.50. The number of nitrogens with one attached hydrogen (secondary N) is 2. The molecule has 0 saturated carbocycles. The Kier molecular flexibility index (Phi) is 12.2. The molecule has 13 heteroatoms. The van der Waals surface area contributed by atoms with Gasteiger partial charge in [-0.05, 0) is 102 Å². The summed E-state index contributed by atoms with van der Waals surface area (Å²) < 4.78 is 18.7. The van der Waals surface area contributed by atoms with Crippen LogP contribution in [0.3, 0.4) is 0 Å². The van der Waals surface area contributed by atoms with Gasteiger partial charge in [0.25, 0.3) is 0 Å². The first-order valence-electron chi connectivity index (χ1n) is 15.1. The van der Waals surface area contributed by atoms with Gasteiger partial charge in [-0.25, -0.2) is 19.2 Å². The minimum absolute atomic E-state index is 0. The van der Waals surface area contributed by atoms with Crippen molar-refractivity contribution in [3.63, 3.8) is 0 Å². The van der Waals surface area contributed by atoms with Gasteiger partial charge < -0.3 is 25.4 Å². The highest BCUT2D eigenvalue weighted by Crippen LogP contribution is 2.23. The number of benzene rings is 1. The molecule has 3 amide bonds. The first-order valence-corrected chi connectivity index (χ1v) is 15.1. The van der Waals surface area contributed by atoms with Crippen molar-refractivity contribution in [2.45, 2.75) is 38.5 Å². The van der Waals surface area contributed by atoms with Gasteiger partial charge in [0.15, 0.2) is 0 Å². The van der Waals surface area contributed by atoms with Gasteiger partial charge in [0.2, 0.25) is 17.7 Å². The summed E-state index contributed by atoms with van der Waals surface area (Å²) in [6.07, 6.45) is 13.0. The standard InChI is InChI=1S/C23H24FN3O3.C11H10N2O3.ClH/c24-19-3-5-20(6-4-19)30-15-16-9-11-27(12-10-16)22(29)8-1-17-13-18-2-7-21(28)26-23(18)25-14-17;14-9-3-2-8-5-7(1-4-10(15)16)6-12-11(8)13-9;/h1,3-6,8,13-14,16H,2,7,9-12,15H2,(H,25,26,28);1,4-6H,2-3H2,(H,15,16)(H,12,13,14);1H/b8-1+;4-1+;. The molecule has 2 aromatic heterocycles. The molecule has 246 valence electrons. The van der Waals surface area contributed by atoms with E-state index in [0.29, 0.717) is 68.7 Å². The van der Waals surface area contributed by atoms with E-state index in [9.17, 15) is 23.6 Å². The zero-order chi connectivity index (χ0) is 32.5. The number of aromatic nitrogens is 2. The highest BCUT2D eigenvalue weighted by Gasteiger charge is 2.22. The maximum absolute atomic E-state index is 12.9. The third-order valence-corrected chi connectivity index (χ3v) is 7.80. The van der Waals surface area contributed by atoms with E-state index in [4.69, 9.17) is 9.84 Å². The van der Waals surface area contributed by atoms with E-state index in [-0.39, 0.29) is 35.9 Å². The number of carboxylic acid groups (broad SMARTS) is 1. The lowest BCUT2D eigenvalue weighted by Gasteiger charge is -2.31. The monoisotopic (exact) mass is 663 g/mol. The van der Waals surface area contributed by atoms with Crippen LogP contribution in [0.15, 0.2) is 60.9 Å². The maximum Gasteiger partial charge on any atom is 0.328 e. The molecule has 0 spiro atoms. The van der Waals surface area contributed by atoms with Crippen molar-refractivity contribution >= 4 is 59.9 Å². The van der Waals surface area contributed by atoms with Crippen LogP contribution >= 0.6 is 12.4 Å². The molecule has 3 aromatic rings. The molecule has 1 fully saturated rings. The Morgan fingerprint density at radius 3 is 1.94 bits per heavy atom. The van der Waals surface area contributed by atoms with Crippen LogP contribution in [0.2, 0.25) is 0 Å². The van der Waals surface area contributed by atoms with Crippen LogP contribution in [0.4, 0.5) is 16.0 Å². The molecule has 5 heterocycles. The number of amides is 3. The number of likely N-dealkylation sites (tertiary alicyclic amines) is 1. The van der Waals surface area contributed by atoms with Crippen molar-refractivity contribution in [2.75, 3.05) is 30.3 Å². The second-order valence-electron chi connectivity index (χ2n) is 11.2. The molecular weight excluding hydrogens is 629 g/mol. The number of carbonyl (C=O) groups is 4. The van der Waals surface area contributed by atoms with E-state index >= 15 is 0 Å². The van der Waals surface area contributed by atoms with Crippen LogP contribution in [0.5, 0.6) is 5.75 Å². The molecule has 3 aliphatic rings. The predicted octanol–water partition coefficient (Wildman–Crippen LogP) is 4.92. The van der Waals surface area contributed by atoms with Crippen LogP contribution in [-0.2, 0) is 32.0 Å². The van der Waals surface area contributed by atoms with Crippen molar-refractivity contribution in [1.82, 2.24) is 14.9 Å². The Labute approximate surface area is 277 Å². The summed E-state index contributed by atoms with van der Waals surface area (Å²) in [6.45, 7) is 1.95. The molecule has 3 aliphatic heterocycles. The van der Waals surface area contributed by atoms with Crippen LogP contribution < -0.4 is 15.4 Å². The van der Waals surface area contributed by atoms with Crippen molar-refractivity contribution < 1.29 is 33.4 Å². The lowest BCUT2D eigenvalue weighted by Crippen LogP contribution is -2.38. The lowest BCUT2D eigenvalue weighted by atomic mass is 9.97. The Balaban J connectivity index is 0.000000249. The van der Waals surface area contributed by atoms with Crippen molar-refractivity contribution in [3.8, 4) is 5.75 Å². The van der Waals surface area contributed by atoms with E-state index in [1.807, 2.05) is 17.0 Å². The number of pyridine rings is 2. The molecule has 1 saturated heterocycles. The summed E-state index contributed by atoms with van der Waals surface area (Å²) in [5.74, 6) is 0.890. The quantitative estimate of drug-likeness (QED) is 0.302. The molecule has 11 nitrogen and oxygen atoms in total. The van der Waals surface area contributed by atoms with E-state index in [1.165, 1.54) is 24.4 Å². The Bertz CT molecular complexity index is 1670. The minimum atomic E-state index is -0.994. The van der Waals surface area contributed by atoms with Crippen molar-refractivity contribution in [1.29, 1.82) is 0 Å². The summed E-state index contributed by atoms with van der Waals surface area (Å²) in [5, 5.41) is 13.9. The van der Waals surface area contributed by atoms with E-state index < -0.39 is 5.97 Å². The predicted molar refractivity (Wildman–Crippen MR) is 177 cm³/mol. The number of halogens is 2. The number of rotatable bonds is 7. The van der Waals surface area contributed by atoms with Crippen LogP contribution in [-0.4, -0.2) is 63.4 Å². The highest BCUT2D eigenvalue weighted by atomic mass is 35.5. The Morgan fingerprint density at radius 1 is 0.872 bits per heavy atom. The molecule has 0 atom stereocenters. The van der Waals surface area contributed by atoms with Crippen molar-refractivity contribution in [3.05, 3.63) is 89.0 Å². The van der Waals surface area contributed by atoms with Gasteiger partial charge >= 0.3 is 5.97 Å². The maximum atomic E-state index is 12.9. The highest BCUT2D eigenvalue weighted by molar-refractivity contribution is 5.94. The molecule has 6 rings (SSSR count). The summed E-state index contributed by atoms with van der Waals surface area (Å²) in [4.78, 5) is 55.5. The molecule has 0 radical (unpaired) electrons. The van der Waals surface area contributed by atoms with Gasteiger partial charge in [-0.15, -0.1) is 12.4 Å².